The monoisotopic (exact) mass is 355 g/mol. The maximum Gasteiger partial charge on any atom is 0.0931 e. The maximum absolute atomic E-state index is 5.94. The van der Waals surface area contributed by atoms with E-state index in [2.05, 4.69) is 45.5 Å². The molecular formula is C15H15BrClNS. The van der Waals surface area contributed by atoms with Crippen LogP contribution in [0.25, 0.3) is 0 Å². The summed E-state index contributed by atoms with van der Waals surface area (Å²) in [4.78, 5) is 1.35. The number of hydrogen-bond acceptors (Lipinski definition) is 2. The number of hydrogen-bond donors (Lipinski definition) is 1. The van der Waals surface area contributed by atoms with E-state index in [0.29, 0.717) is 6.04 Å². The highest BCUT2D eigenvalue weighted by atomic mass is 79.9. The Morgan fingerprint density at radius 1 is 1.32 bits per heavy atom. The summed E-state index contributed by atoms with van der Waals surface area (Å²) in [6.45, 7) is 1.01. The Labute approximate surface area is 131 Å². The fraction of sp³-hybridized carbons (Fsp3) is 0.333. The molecule has 1 aliphatic carbocycles. The molecule has 0 bridgehead atoms. The lowest BCUT2D eigenvalue weighted by molar-refractivity contribution is 0.535. The van der Waals surface area contributed by atoms with Crippen molar-refractivity contribution in [3.8, 4) is 0 Å². The van der Waals surface area contributed by atoms with Crippen LogP contribution in [-0.2, 0) is 12.8 Å². The van der Waals surface area contributed by atoms with Crippen LogP contribution in [0.2, 0.25) is 4.34 Å². The van der Waals surface area contributed by atoms with Crippen molar-refractivity contribution in [1.82, 2.24) is 5.32 Å². The molecule has 1 aromatic heterocycles. The molecule has 0 saturated carbocycles. The SMILES string of the molecule is Clc1ccc(CCNC2CCc3c(Br)cccc32)s1. The molecule has 4 heteroatoms. The van der Waals surface area contributed by atoms with Crippen molar-refractivity contribution in [2.45, 2.75) is 25.3 Å². The van der Waals surface area contributed by atoms with Crippen molar-refractivity contribution in [2.24, 2.45) is 0 Å². The lowest BCUT2D eigenvalue weighted by atomic mass is 10.1. The van der Waals surface area contributed by atoms with E-state index in [1.807, 2.05) is 6.07 Å². The van der Waals surface area contributed by atoms with Gasteiger partial charge in [-0.2, -0.15) is 0 Å². The Hall–Kier alpha value is -0.350. The molecule has 0 saturated heterocycles. The first-order chi connectivity index (χ1) is 9.24. The molecule has 3 rings (SSSR count). The van der Waals surface area contributed by atoms with E-state index in [0.717, 1.165) is 17.3 Å². The normalized spacial score (nSPS) is 17.7. The molecule has 1 nitrogen and oxygen atoms in total. The van der Waals surface area contributed by atoms with Gasteiger partial charge >= 0.3 is 0 Å². The topological polar surface area (TPSA) is 12.0 Å². The summed E-state index contributed by atoms with van der Waals surface area (Å²) in [6.07, 6.45) is 3.42. The second kappa shape index (κ2) is 5.96. The summed E-state index contributed by atoms with van der Waals surface area (Å²) in [7, 11) is 0. The van der Waals surface area contributed by atoms with Gasteiger partial charge in [0, 0.05) is 21.9 Å². The second-order valence-electron chi connectivity index (χ2n) is 4.81. The summed E-state index contributed by atoms with van der Waals surface area (Å²) in [5, 5.41) is 3.67. The number of fused-ring (bicyclic) bond motifs is 1. The van der Waals surface area contributed by atoms with Crippen LogP contribution in [0.15, 0.2) is 34.8 Å². The van der Waals surface area contributed by atoms with Gasteiger partial charge in [0.2, 0.25) is 0 Å². The van der Waals surface area contributed by atoms with E-state index in [1.54, 1.807) is 11.3 Å². The Morgan fingerprint density at radius 2 is 2.21 bits per heavy atom. The zero-order chi connectivity index (χ0) is 13.2. The van der Waals surface area contributed by atoms with Gasteiger partial charge in [-0.25, -0.2) is 0 Å². The third kappa shape index (κ3) is 3.05. The summed E-state index contributed by atoms with van der Waals surface area (Å²) in [6, 6.07) is 11.1. The molecule has 1 atom stereocenters. The third-order valence-electron chi connectivity index (χ3n) is 3.60. The first-order valence-electron chi connectivity index (χ1n) is 6.49. The van der Waals surface area contributed by atoms with Crippen LogP contribution in [0.1, 0.15) is 28.5 Å². The highest BCUT2D eigenvalue weighted by Gasteiger charge is 2.23. The molecule has 19 heavy (non-hydrogen) atoms. The van der Waals surface area contributed by atoms with Crippen LogP contribution in [0.5, 0.6) is 0 Å². The van der Waals surface area contributed by atoms with Gasteiger partial charge in [0.25, 0.3) is 0 Å². The fourth-order valence-corrected chi connectivity index (χ4v) is 4.34. The Balaban J connectivity index is 1.59. The van der Waals surface area contributed by atoms with Gasteiger partial charge < -0.3 is 5.32 Å². The molecule has 0 aliphatic heterocycles. The predicted octanol–water partition coefficient (Wildman–Crippen LogP) is 4.98. The lowest BCUT2D eigenvalue weighted by Gasteiger charge is -2.13. The zero-order valence-corrected chi connectivity index (χ0v) is 13.6. The van der Waals surface area contributed by atoms with Crippen molar-refractivity contribution in [3.05, 3.63) is 55.1 Å². The summed E-state index contributed by atoms with van der Waals surface area (Å²) in [5.74, 6) is 0. The minimum atomic E-state index is 0.503. The number of thiophene rings is 1. The molecule has 0 amide bonds. The van der Waals surface area contributed by atoms with Gasteiger partial charge in [0.15, 0.2) is 0 Å². The molecule has 0 radical (unpaired) electrons. The molecular weight excluding hydrogens is 342 g/mol. The molecule has 1 heterocycles. The molecule has 0 fully saturated rings. The van der Waals surface area contributed by atoms with Crippen molar-refractivity contribution >= 4 is 38.9 Å². The van der Waals surface area contributed by atoms with Gasteiger partial charge in [0.05, 0.1) is 4.34 Å². The molecule has 1 unspecified atom stereocenters. The number of rotatable bonds is 4. The molecule has 1 N–H and O–H groups in total. The highest BCUT2D eigenvalue weighted by molar-refractivity contribution is 9.10. The Bertz CT molecular complexity index is 581. The van der Waals surface area contributed by atoms with Gasteiger partial charge in [-0.3, -0.25) is 0 Å². The van der Waals surface area contributed by atoms with E-state index in [9.17, 15) is 0 Å². The molecule has 0 spiro atoms. The van der Waals surface area contributed by atoms with E-state index in [-0.39, 0.29) is 0 Å². The fourth-order valence-electron chi connectivity index (χ4n) is 2.68. The van der Waals surface area contributed by atoms with Crippen LogP contribution in [-0.4, -0.2) is 6.54 Å². The average molecular weight is 357 g/mol. The van der Waals surface area contributed by atoms with Crippen molar-refractivity contribution in [3.63, 3.8) is 0 Å². The van der Waals surface area contributed by atoms with Crippen molar-refractivity contribution < 1.29 is 0 Å². The highest BCUT2D eigenvalue weighted by Crippen LogP contribution is 2.35. The van der Waals surface area contributed by atoms with E-state index in [1.165, 1.54) is 33.3 Å². The smallest absolute Gasteiger partial charge is 0.0931 e. The third-order valence-corrected chi connectivity index (χ3v) is 5.64. The summed E-state index contributed by atoms with van der Waals surface area (Å²) < 4.78 is 2.13. The van der Waals surface area contributed by atoms with Crippen LogP contribution >= 0.6 is 38.9 Å². The van der Waals surface area contributed by atoms with E-state index >= 15 is 0 Å². The summed E-state index contributed by atoms with van der Waals surface area (Å²) in [5.41, 5.74) is 2.93. The van der Waals surface area contributed by atoms with Crippen molar-refractivity contribution in [2.75, 3.05) is 6.54 Å². The number of halogens is 2. The maximum atomic E-state index is 5.94. The van der Waals surface area contributed by atoms with E-state index < -0.39 is 0 Å². The Morgan fingerprint density at radius 3 is 3.00 bits per heavy atom. The van der Waals surface area contributed by atoms with Crippen molar-refractivity contribution in [1.29, 1.82) is 0 Å². The number of nitrogens with one attached hydrogen (secondary N) is 1. The predicted molar refractivity (Wildman–Crippen MR) is 86.2 cm³/mol. The number of benzene rings is 1. The minimum Gasteiger partial charge on any atom is -0.310 e. The first kappa shape index (κ1) is 13.6. The molecule has 1 aliphatic rings. The van der Waals surface area contributed by atoms with Gasteiger partial charge in [-0.05, 0) is 48.6 Å². The zero-order valence-electron chi connectivity index (χ0n) is 10.5. The Kier molecular flexibility index (Phi) is 4.27. The van der Waals surface area contributed by atoms with Gasteiger partial charge in [-0.15, -0.1) is 11.3 Å². The van der Waals surface area contributed by atoms with Gasteiger partial charge in [-0.1, -0.05) is 39.7 Å². The lowest BCUT2D eigenvalue weighted by Crippen LogP contribution is -2.21. The van der Waals surface area contributed by atoms with E-state index in [4.69, 9.17) is 11.6 Å². The standard InChI is InChI=1S/C15H15BrClNS/c16-13-3-1-2-12-11(13)5-6-14(12)18-9-8-10-4-7-15(17)19-10/h1-4,7,14,18H,5-6,8-9H2. The molecule has 2 aromatic rings. The van der Waals surface area contributed by atoms with Crippen LogP contribution < -0.4 is 5.32 Å². The second-order valence-corrected chi connectivity index (χ2v) is 7.46. The first-order valence-corrected chi connectivity index (χ1v) is 8.47. The van der Waals surface area contributed by atoms with Gasteiger partial charge in [0.1, 0.15) is 0 Å². The minimum absolute atomic E-state index is 0.503. The van der Waals surface area contributed by atoms with Crippen LogP contribution in [0, 0.1) is 0 Å². The summed E-state index contributed by atoms with van der Waals surface area (Å²) >= 11 is 11.3. The van der Waals surface area contributed by atoms with Crippen LogP contribution in [0.4, 0.5) is 0 Å². The quantitative estimate of drug-likeness (QED) is 0.814. The van der Waals surface area contributed by atoms with Crippen LogP contribution in [0.3, 0.4) is 0 Å². The molecule has 1 aromatic carbocycles. The molecule has 100 valence electrons. The largest absolute Gasteiger partial charge is 0.310 e. The average Bonchev–Trinajstić information content (AvgIpc) is 2.98.